The molecule has 2 fully saturated rings. The molecule has 0 amide bonds. The predicted octanol–water partition coefficient (Wildman–Crippen LogP) is 1.84. The third-order valence-electron chi connectivity index (χ3n) is 3.15. The van der Waals surface area contributed by atoms with E-state index in [1.54, 1.807) is 0 Å². The van der Waals surface area contributed by atoms with Crippen LogP contribution in [0.4, 0.5) is 0 Å². The number of rotatable bonds is 1. The summed E-state index contributed by atoms with van der Waals surface area (Å²) >= 11 is 2.03. The molecule has 2 heterocycles. The van der Waals surface area contributed by atoms with Crippen molar-refractivity contribution in [3.63, 3.8) is 0 Å². The number of fused-ring (bicyclic) bond motifs is 1. The van der Waals surface area contributed by atoms with Gasteiger partial charge < -0.3 is 5.32 Å². The zero-order valence-corrected chi connectivity index (χ0v) is 9.99. The summed E-state index contributed by atoms with van der Waals surface area (Å²) < 4.78 is 0. The average molecular weight is 213 g/mol. The molecule has 3 atom stereocenters. The molecule has 2 aliphatic heterocycles. The van der Waals surface area contributed by atoms with E-state index in [4.69, 9.17) is 0 Å². The Morgan fingerprint density at radius 2 is 2.14 bits per heavy atom. The summed E-state index contributed by atoms with van der Waals surface area (Å²) in [5, 5.41) is 4.19. The first-order valence-electron chi connectivity index (χ1n) is 5.40. The quantitative estimate of drug-likeness (QED) is 0.720. The van der Waals surface area contributed by atoms with E-state index < -0.39 is 0 Å². The van der Waals surface area contributed by atoms with Crippen LogP contribution < -0.4 is 5.32 Å². The molecule has 0 aliphatic carbocycles. The number of hydrogen-bond donors (Lipinski definition) is 1. The summed E-state index contributed by atoms with van der Waals surface area (Å²) in [4.78, 5) is 12.0. The highest BCUT2D eigenvalue weighted by molar-refractivity contribution is 8.00. The molecule has 0 bridgehead atoms. The van der Waals surface area contributed by atoms with Crippen molar-refractivity contribution in [1.82, 2.24) is 5.32 Å². The van der Waals surface area contributed by atoms with Gasteiger partial charge in [0.2, 0.25) is 0 Å². The lowest BCUT2D eigenvalue weighted by Crippen LogP contribution is -2.41. The molecule has 0 spiro atoms. The maximum Gasteiger partial charge on any atom is 0.155 e. The first-order valence-corrected chi connectivity index (χ1v) is 6.45. The highest BCUT2D eigenvalue weighted by atomic mass is 32.2. The number of Topliss-reactive ketones (excluding diaryl/α,β-unsaturated/α-hetero) is 1. The Kier molecular flexibility index (Phi) is 2.64. The maximum absolute atomic E-state index is 12.0. The van der Waals surface area contributed by atoms with Crippen molar-refractivity contribution in [2.75, 3.05) is 5.75 Å². The number of carbonyl (C=O) groups is 1. The van der Waals surface area contributed by atoms with Crippen LogP contribution >= 0.6 is 11.8 Å². The lowest BCUT2D eigenvalue weighted by molar-refractivity contribution is -0.128. The second kappa shape index (κ2) is 3.53. The number of thioether (sulfide) groups is 1. The van der Waals surface area contributed by atoms with Crippen molar-refractivity contribution >= 4 is 17.5 Å². The SMILES string of the molecule is CC(C)(C)C(=O)C1CC2SCCC2N1. The lowest BCUT2D eigenvalue weighted by atomic mass is 9.86. The summed E-state index contributed by atoms with van der Waals surface area (Å²) in [6.07, 6.45) is 2.29. The lowest BCUT2D eigenvalue weighted by Gasteiger charge is -2.22. The summed E-state index contributed by atoms with van der Waals surface area (Å²) in [6, 6.07) is 0.731. The predicted molar refractivity (Wildman–Crippen MR) is 60.7 cm³/mol. The largest absolute Gasteiger partial charge is 0.303 e. The summed E-state index contributed by atoms with van der Waals surface area (Å²) in [7, 11) is 0. The van der Waals surface area contributed by atoms with Gasteiger partial charge >= 0.3 is 0 Å². The molecule has 0 radical (unpaired) electrons. The minimum Gasteiger partial charge on any atom is -0.303 e. The van der Waals surface area contributed by atoms with E-state index in [0.717, 1.165) is 6.42 Å². The molecule has 3 heteroatoms. The zero-order chi connectivity index (χ0) is 10.3. The van der Waals surface area contributed by atoms with Gasteiger partial charge in [0.15, 0.2) is 5.78 Å². The molecule has 3 unspecified atom stereocenters. The zero-order valence-electron chi connectivity index (χ0n) is 9.17. The molecular weight excluding hydrogens is 194 g/mol. The van der Waals surface area contributed by atoms with Gasteiger partial charge in [-0.2, -0.15) is 11.8 Å². The van der Waals surface area contributed by atoms with E-state index in [2.05, 4.69) is 5.32 Å². The smallest absolute Gasteiger partial charge is 0.155 e. The Morgan fingerprint density at radius 3 is 2.71 bits per heavy atom. The van der Waals surface area contributed by atoms with Crippen LogP contribution in [0, 0.1) is 5.41 Å². The van der Waals surface area contributed by atoms with E-state index >= 15 is 0 Å². The maximum atomic E-state index is 12.0. The van der Waals surface area contributed by atoms with Gasteiger partial charge in [-0.15, -0.1) is 0 Å². The molecule has 0 aromatic rings. The molecule has 14 heavy (non-hydrogen) atoms. The monoisotopic (exact) mass is 213 g/mol. The van der Waals surface area contributed by atoms with E-state index in [9.17, 15) is 4.79 Å². The minimum atomic E-state index is -0.193. The Bertz CT molecular complexity index is 234. The number of hydrogen-bond acceptors (Lipinski definition) is 3. The standard InChI is InChI=1S/C11H19NOS/c1-11(2,3)10(13)8-6-9-7(12-8)4-5-14-9/h7-9,12H,4-6H2,1-3H3. The molecule has 80 valence electrons. The molecule has 1 N–H and O–H groups in total. The van der Waals surface area contributed by atoms with Gasteiger partial charge in [-0.05, 0) is 18.6 Å². The fourth-order valence-corrected chi connectivity index (χ4v) is 3.80. The molecule has 0 aromatic carbocycles. The van der Waals surface area contributed by atoms with Crippen LogP contribution in [0.15, 0.2) is 0 Å². The van der Waals surface area contributed by atoms with Crippen LogP contribution in [0.2, 0.25) is 0 Å². The fourth-order valence-electron chi connectivity index (χ4n) is 2.34. The number of nitrogens with one attached hydrogen (secondary N) is 1. The van der Waals surface area contributed by atoms with Crippen LogP contribution in [0.1, 0.15) is 33.6 Å². The van der Waals surface area contributed by atoms with Crippen molar-refractivity contribution in [2.45, 2.75) is 50.9 Å². The van der Waals surface area contributed by atoms with Gasteiger partial charge in [-0.1, -0.05) is 20.8 Å². The Morgan fingerprint density at radius 1 is 1.43 bits per heavy atom. The van der Waals surface area contributed by atoms with Crippen molar-refractivity contribution in [2.24, 2.45) is 5.41 Å². The van der Waals surface area contributed by atoms with Gasteiger partial charge in [-0.25, -0.2) is 0 Å². The Labute approximate surface area is 90.2 Å². The van der Waals surface area contributed by atoms with Crippen molar-refractivity contribution in [3.8, 4) is 0 Å². The van der Waals surface area contributed by atoms with Gasteiger partial charge in [-0.3, -0.25) is 4.79 Å². The van der Waals surface area contributed by atoms with Gasteiger partial charge in [0.25, 0.3) is 0 Å². The molecule has 0 saturated carbocycles. The molecular formula is C11H19NOS. The average Bonchev–Trinajstić information content (AvgIpc) is 2.58. The molecule has 2 saturated heterocycles. The van der Waals surface area contributed by atoms with Crippen LogP contribution in [0.5, 0.6) is 0 Å². The first-order chi connectivity index (χ1) is 6.48. The third-order valence-corrected chi connectivity index (χ3v) is 4.57. The first kappa shape index (κ1) is 10.5. The van der Waals surface area contributed by atoms with Gasteiger partial charge in [0.1, 0.15) is 0 Å². The topological polar surface area (TPSA) is 29.1 Å². The molecule has 0 aromatic heterocycles. The molecule has 2 rings (SSSR count). The molecule has 2 aliphatic rings. The van der Waals surface area contributed by atoms with Crippen LogP contribution in [0.25, 0.3) is 0 Å². The van der Waals surface area contributed by atoms with Crippen molar-refractivity contribution in [1.29, 1.82) is 0 Å². The van der Waals surface area contributed by atoms with Crippen LogP contribution in [0.3, 0.4) is 0 Å². The second-order valence-corrected chi connectivity index (χ2v) is 6.72. The van der Waals surface area contributed by atoms with Gasteiger partial charge in [0.05, 0.1) is 6.04 Å². The summed E-state index contributed by atoms with van der Waals surface area (Å²) in [5.74, 6) is 1.64. The Hall–Kier alpha value is -0.0200. The second-order valence-electron chi connectivity index (χ2n) is 5.37. The van der Waals surface area contributed by atoms with Gasteiger partial charge in [0, 0.05) is 16.7 Å². The third kappa shape index (κ3) is 1.84. The van der Waals surface area contributed by atoms with E-state index in [1.165, 1.54) is 12.2 Å². The normalized spacial score (nSPS) is 37.2. The van der Waals surface area contributed by atoms with Crippen molar-refractivity contribution < 1.29 is 4.79 Å². The van der Waals surface area contributed by atoms with E-state index in [0.29, 0.717) is 17.1 Å². The fraction of sp³-hybridized carbons (Fsp3) is 0.909. The van der Waals surface area contributed by atoms with E-state index in [1.807, 2.05) is 32.5 Å². The number of ketones is 1. The van der Waals surface area contributed by atoms with E-state index in [-0.39, 0.29) is 11.5 Å². The highest BCUT2D eigenvalue weighted by Gasteiger charge is 2.42. The Balaban J connectivity index is 1.99. The highest BCUT2D eigenvalue weighted by Crippen LogP contribution is 2.36. The number of carbonyl (C=O) groups excluding carboxylic acids is 1. The van der Waals surface area contributed by atoms with Crippen LogP contribution in [-0.4, -0.2) is 28.9 Å². The summed E-state index contributed by atoms with van der Waals surface area (Å²) in [5.41, 5.74) is -0.193. The summed E-state index contributed by atoms with van der Waals surface area (Å²) in [6.45, 7) is 6.04. The minimum absolute atomic E-state index is 0.123. The molecule has 2 nitrogen and oxygen atoms in total. The van der Waals surface area contributed by atoms with Crippen LogP contribution in [-0.2, 0) is 4.79 Å². The van der Waals surface area contributed by atoms with Crippen molar-refractivity contribution in [3.05, 3.63) is 0 Å².